The molecule has 196 valence electrons. The highest BCUT2D eigenvalue weighted by Gasteiger charge is 2.31. The lowest BCUT2D eigenvalue weighted by Gasteiger charge is -2.16. The van der Waals surface area contributed by atoms with E-state index < -0.39 is 23.6 Å². The number of ether oxygens (including phenoxy) is 2. The van der Waals surface area contributed by atoms with Crippen molar-refractivity contribution in [2.45, 2.75) is 25.6 Å². The Morgan fingerprint density at radius 2 is 1.89 bits per heavy atom. The molecule has 1 aromatic heterocycles. The molecule has 0 aliphatic rings. The van der Waals surface area contributed by atoms with Crippen LogP contribution in [0.1, 0.15) is 35.3 Å². The van der Waals surface area contributed by atoms with E-state index >= 15 is 0 Å². The normalized spacial score (nSPS) is 13.3. The van der Waals surface area contributed by atoms with E-state index in [0.29, 0.717) is 47.5 Å². The number of halogens is 4. The lowest BCUT2D eigenvalue weighted by molar-refractivity contribution is -0.137. The van der Waals surface area contributed by atoms with E-state index in [1.54, 1.807) is 37.9 Å². The second-order valence-corrected chi connectivity index (χ2v) is 7.99. The van der Waals surface area contributed by atoms with E-state index in [9.17, 15) is 22.4 Å². The van der Waals surface area contributed by atoms with Gasteiger partial charge < -0.3 is 19.4 Å². The maximum absolute atomic E-state index is 14.5. The summed E-state index contributed by atoms with van der Waals surface area (Å²) in [5, 5.41) is 3.10. The van der Waals surface area contributed by atoms with Crippen molar-refractivity contribution in [2.75, 3.05) is 21.3 Å². The van der Waals surface area contributed by atoms with E-state index in [0.717, 1.165) is 17.7 Å². The van der Waals surface area contributed by atoms with Crippen molar-refractivity contribution in [2.24, 2.45) is 4.99 Å². The van der Waals surface area contributed by atoms with E-state index in [-0.39, 0.29) is 5.56 Å². The van der Waals surface area contributed by atoms with Crippen LogP contribution in [0.15, 0.2) is 60.0 Å². The third-order valence-corrected chi connectivity index (χ3v) is 5.71. The molecular weight excluding hydrogens is 492 g/mol. The molecule has 0 saturated carbocycles. The van der Waals surface area contributed by atoms with E-state index in [2.05, 4.69) is 15.3 Å². The SMILES string of the molecule is CN=C(Cc1ccc(OC)c(OC)c1)N/C(=C\C=O)c1cn(C(C)c2ccc(C(F)(F)F)cc2F)cn1. The molecule has 1 N–H and O–H groups in total. The Balaban J connectivity index is 1.81. The first-order valence-corrected chi connectivity index (χ1v) is 11.1. The van der Waals surface area contributed by atoms with Gasteiger partial charge in [0.2, 0.25) is 0 Å². The highest BCUT2D eigenvalue weighted by molar-refractivity contribution is 5.94. The summed E-state index contributed by atoms with van der Waals surface area (Å²) >= 11 is 0. The average Bonchev–Trinajstić information content (AvgIpc) is 3.37. The quantitative estimate of drug-likeness (QED) is 0.141. The van der Waals surface area contributed by atoms with Crippen molar-refractivity contribution in [1.82, 2.24) is 14.9 Å². The minimum atomic E-state index is -4.64. The number of nitrogens with one attached hydrogen (secondary N) is 1. The van der Waals surface area contributed by atoms with Gasteiger partial charge in [0.15, 0.2) is 11.5 Å². The van der Waals surface area contributed by atoms with Crippen molar-refractivity contribution in [3.05, 3.63) is 83.2 Å². The number of carbonyl (C=O) groups is 1. The first kappa shape index (κ1) is 27.4. The smallest absolute Gasteiger partial charge is 0.416 e. The number of aromatic nitrogens is 2. The first-order chi connectivity index (χ1) is 17.6. The highest BCUT2D eigenvalue weighted by Crippen LogP contribution is 2.32. The number of nitrogens with zero attached hydrogens (tertiary/aromatic N) is 3. The number of benzene rings is 2. The summed E-state index contributed by atoms with van der Waals surface area (Å²) in [5.74, 6) is 0.689. The van der Waals surface area contributed by atoms with Gasteiger partial charge in [-0.3, -0.25) is 9.79 Å². The van der Waals surface area contributed by atoms with Gasteiger partial charge in [-0.25, -0.2) is 9.37 Å². The van der Waals surface area contributed by atoms with Crippen molar-refractivity contribution >= 4 is 17.8 Å². The second-order valence-electron chi connectivity index (χ2n) is 7.99. The summed E-state index contributed by atoms with van der Waals surface area (Å²) in [6.45, 7) is 1.63. The fourth-order valence-electron chi connectivity index (χ4n) is 3.67. The molecular formula is C26H26F4N4O3. The van der Waals surface area contributed by atoms with Crippen LogP contribution in [0.4, 0.5) is 17.6 Å². The molecule has 3 rings (SSSR count). The zero-order valence-electron chi connectivity index (χ0n) is 20.6. The third-order valence-electron chi connectivity index (χ3n) is 5.71. The van der Waals surface area contributed by atoms with Crippen LogP contribution in [0.2, 0.25) is 0 Å². The van der Waals surface area contributed by atoms with Gasteiger partial charge in [-0.1, -0.05) is 12.1 Å². The Morgan fingerprint density at radius 3 is 2.49 bits per heavy atom. The molecule has 0 aliphatic heterocycles. The van der Waals surface area contributed by atoms with Crippen LogP contribution < -0.4 is 14.8 Å². The number of hydrogen-bond acceptors (Lipinski definition) is 5. The predicted molar refractivity (Wildman–Crippen MR) is 131 cm³/mol. The lowest BCUT2D eigenvalue weighted by Crippen LogP contribution is -2.24. The summed E-state index contributed by atoms with van der Waals surface area (Å²) in [7, 11) is 4.67. The van der Waals surface area contributed by atoms with Crippen molar-refractivity contribution in [1.29, 1.82) is 0 Å². The third kappa shape index (κ3) is 6.54. The largest absolute Gasteiger partial charge is 0.493 e. The van der Waals surface area contributed by atoms with Crippen LogP contribution in [-0.2, 0) is 17.4 Å². The molecule has 37 heavy (non-hydrogen) atoms. The molecule has 0 aliphatic carbocycles. The molecule has 1 unspecified atom stereocenters. The topological polar surface area (TPSA) is 77.7 Å². The molecule has 0 bridgehead atoms. The Bertz CT molecular complexity index is 1320. The summed E-state index contributed by atoms with van der Waals surface area (Å²) in [6.07, 6.45) is 0.573. The molecule has 2 aromatic carbocycles. The fraction of sp³-hybridized carbons (Fsp3) is 0.269. The van der Waals surface area contributed by atoms with Gasteiger partial charge in [0.25, 0.3) is 0 Å². The van der Waals surface area contributed by atoms with Gasteiger partial charge in [0, 0.05) is 31.3 Å². The summed E-state index contributed by atoms with van der Waals surface area (Å²) in [4.78, 5) is 19.9. The van der Waals surface area contributed by atoms with Crippen molar-refractivity contribution in [3.63, 3.8) is 0 Å². The molecule has 1 atom stereocenters. The second kappa shape index (κ2) is 11.7. The van der Waals surface area contributed by atoms with Gasteiger partial charge in [-0.2, -0.15) is 13.2 Å². The zero-order valence-corrected chi connectivity index (χ0v) is 20.6. The van der Waals surface area contributed by atoms with Crippen LogP contribution in [0.3, 0.4) is 0 Å². The molecule has 1 heterocycles. The zero-order chi connectivity index (χ0) is 27.2. The van der Waals surface area contributed by atoms with Crippen LogP contribution in [-0.4, -0.2) is 42.9 Å². The lowest BCUT2D eigenvalue weighted by atomic mass is 10.0. The van der Waals surface area contributed by atoms with Crippen molar-refractivity contribution in [3.8, 4) is 11.5 Å². The number of aldehydes is 1. The summed E-state index contributed by atoms with van der Waals surface area (Å²) in [6, 6.07) is 7.19. The van der Waals surface area contributed by atoms with E-state index in [4.69, 9.17) is 9.47 Å². The molecule has 0 spiro atoms. The Kier molecular flexibility index (Phi) is 8.69. The van der Waals surface area contributed by atoms with Crippen LogP contribution in [0.5, 0.6) is 11.5 Å². The molecule has 0 amide bonds. The number of alkyl halides is 3. The van der Waals surface area contributed by atoms with Gasteiger partial charge in [0.1, 0.15) is 23.6 Å². The maximum Gasteiger partial charge on any atom is 0.416 e. The van der Waals surface area contributed by atoms with Gasteiger partial charge in [0.05, 0.1) is 37.8 Å². The minimum Gasteiger partial charge on any atom is -0.493 e. The van der Waals surface area contributed by atoms with Gasteiger partial charge in [-0.15, -0.1) is 0 Å². The Morgan fingerprint density at radius 1 is 1.16 bits per heavy atom. The first-order valence-electron chi connectivity index (χ1n) is 11.1. The number of aliphatic imine (C=N–C) groups is 1. The monoisotopic (exact) mass is 518 g/mol. The standard InChI is InChI=1S/C26H26F4N4O3/c1-16(19-7-6-18(13-20(19)27)26(28,29)30)34-14-22(32-15-34)21(9-10-35)33-25(31-2)12-17-5-8-23(36-3)24(11-17)37-4/h5-11,13-16H,12H2,1-4H3,(H,31,33)/b21-9-. The van der Waals surface area contributed by atoms with E-state index in [1.165, 1.54) is 19.5 Å². The number of amidine groups is 1. The molecule has 0 radical (unpaired) electrons. The van der Waals surface area contributed by atoms with E-state index in [1.807, 2.05) is 12.1 Å². The predicted octanol–water partition coefficient (Wildman–Crippen LogP) is 5.07. The molecule has 3 aromatic rings. The van der Waals surface area contributed by atoms with Gasteiger partial charge in [-0.05, 0) is 36.8 Å². The minimum absolute atomic E-state index is 0.0649. The number of hydrogen-bond donors (Lipinski definition) is 1. The number of imidazole rings is 1. The van der Waals surface area contributed by atoms with Crippen molar-refractivity contribution < 1.29 is 31.8 Å². The fourth-order valence-corrected chi connectivity index (χ4v) is 3.67. The Labute approximate surface area is 211 Å². The summed E-state index contributed by atoms with van der Waals surface area (Å²) < 4.78 is 65.3. The summed E-state index contributed by atoms with van der Waals surface area (Å²) in [5.41, 5.74) is 0.575. The maximum atomic E-state index is 14.5. The van der Waals surface area contributed by atoms with Crippen LogP contribution >= 0.6 is 0 Å². The van der Waals surface area contributed by atoms with Crippen LogP contribution in [0.25, 0.3) is 5.70 Å². The van der Waals surface area contributed by atoms with Gasteiger partial charge >= 0.3 is 6.18 Å². The molecule has 7 nitrogen and oxygen atoms in total. The number of rotatable bonds is 9. The highest BCUT2D eigenvalue weighted by atomic mass is 19.4. The number of carbonyl (C=O) groups excluding carboxylic acids is 1. The number of methoxy groups -OCH3 is 2. The average molecular weight is 519 g/mol. The van der Waals surface area contributed by atoms with Crippen LogP contribution in [0, 0.1) is 5.82 Å². The molecule has 0 saturated heterocycles. The number of allylic oxidation sites excluding steroid dienone is 1. The molecule has 0 fully saturated rings. The molecule has 11 heteroatoms. The Hall–Kier alpha value is -4.15.